The van der Waals surface area contributed by atoms with Gasteiger partial charge in [-0.3, -0.25) is 9.59 Å². The Kier molecular flexibility index (Phi) is 8.18. The summed E-state index contributed by atoms with van der Waals surface area (Å²) in [6, 6.07) is 7.75. The Morgan fingerprint density at radius 1 is 1.09 bits per heavy atom. The molecule has 1 amide bonds. The molecule has 0 saturated heterocycles. The molecule has 0 bridgehead atoms. The lowest BCUT2D eigenvalue weighted by Gasteiger charge is -2.16. The third-order valence-electron chi connectivity index (χ3n) is 3.40. The molecule has 1 aromatic rings. The average molecular weight is 339 g/mol. The van der Waals surface area contributed by atoms with Crippen LogP contribution in [-0.2, 0) is 14.4 Å². The van der Waals surface area contributed by atoms with Crippen LogP contribution in [0.5, 0.6) is 0 Å². The number of carboxylic acid groups (broad SMARTS) is 2. The fourth-order valence-corrected chi connectivity index (χ4v) is 2.62. The van der Waals surface area contributed by atoms with Crippen molar-refractivity contribution in [2.24, 2.45) is 0 Å². The summed E-state index contributed by atoms with van der Waals surface area (Å²) < 4.78 is 0. The predicted octanol–water partition coefficient (Wildman–Crippen LogP) is 1.96. The minimum atomic E-state index is -1.08. The van der Waals surface area contributed by atoms with Gasteiger partial charge in [0.1, 0.15) is 6.04 Å². The zero-order chi connectivity index (χ0) is 17.2. The number of amides is 1. The normalized spacial score (nSPS) is 13.1. The van der Waals surface area contributed by atoms with Crippen molar-refractivity contribution >= 4 is 29.6 Å². The van der Waals surface area contributed by atoms with Gasteiger partial charge in [-0.15, -0.1) is 0 Å². The molecule has 126 valence electrons. The van der Waals surface area contributed by atoms with Gasteiger partial charge < -0.3 is 15.5 Å². The highest BCUT2D eigenvalue weighted by Gasteiger charge is 2.23. The molecule has 0 aliphatic carbocycles. The molecule has 0 aromatic heterocycles. The Morgan fingerprint density at radius 3 is 2.26 bits per heavy atom. The fraction of sp³-hybridized carbons (Fsp3) is 0.438. The molecule has 0 heterocycles. The lowest BCUT2D eigenvalue weighted by Crippen LogP contribution is -2.41. The SMILES string of the molecule is CSCCC(NC(=O)CCC(C(=O)O)c1ccccc1)C(=O)O. The Hall–Kier alpha value is -2.02. The Bertz CT molecular complexity index is 535. The second-order valence-electron chi connectivity index (χ2n) is 5.08. The number of benzene rings is 1. The van der Waals surface area contributed by atoms with Crippen molar-refractivity contribution in [2.75, 3.05) is 12.0 Å². The third kappa shape index (κ3) is 6.73. The number of aliphatic carboxylic acids is 2. The van der Waals surface area contributed by atoms with Crippen LogP contribution < -0.4 is 5.32 Å². The highest BCUT2D eigenvalue weighted by molar-refractivity contribution is 7.98. The number of carbonyl (C=O) groups is 3. The van der Waals surface area contributed by atoms with E-state index in [1.54, 1.807) is 30.3 Å². The summed E-state index contributed by atoms with van der Waals surface area (Å²) in [5.41, 5.74) is 0.630. The van der Waals surface area contributed by atoms with Gasteiger partial charge in [0.25, 0.3) is 0 Å². The molecule has 23 heavy (non-hydrogen) atoms. The van der Waals surface area contributed by atoms with E-state index < -0.39 is 29.8 Å². The molecule has 1 rings (SSSR count). The molecule has 0 fully saturated rings. The van der Waals surface area contributed by atoms with Gasteiger partial charge in [0.2, 0.25) is 5.91 Å². The Balaban J connectivity index is 2.58. The van der Waals surface area contributed by atoms with Gasteiger partial charge in [-0.2, -0.15) is 11.8 Å². The molecular formula is C16H21NO5S. The summed E-state index contributed by atoms with van der Waals surface area (Å²) in [7, 11) is 0. The summed E-state index contributed by atoms with van der Waals surface area (Å²) >= 11 is 1.50. The van der Waals surface area contributed by atoms with Crippen molar-refractivity contribution in [3.8, 4) is 0 Å². The fourth-order valence-electron chi connectivity index (χ4n) is 2.15. The number of rotatable bonds is 10. The maximum Gasteiger partial charge on any atom is 0.326 e. The lowest BCUT2D eigenvalue weighted by atomic mass is 9.94. The van der Waals surface area contributed by atoms with Crippen LogP contribution in [0.1, 0.15) is 30.7 Å². The van der Waals surface area contributed by atoms with Crippen molar-refractivity contribution in [3.05, 3.63) is 35.9 Å². The van der Waals surface area contributed by atoms with Crippen LogP contribution in [0.15, 0.2) is 30.3 Å². The van der Waals surface area contributed by atoms with Crippen molar-refractivity contribution in [3.63, 3.8) is 0 Å². The first-order chi connectivity index (χ1) is 11.0. The van der Waals surface area contributed by atoms with E-state index in [0.29, 0.717) is 17.7 Å². The molecule has 1 aromatic carbocycles. The first-order valence-electron chi connectivity index (χ1n) is 7.24. The standard InChI is InChI=1S/C16H21NO5S/c1-23-10-9-13(16(21)22)17-14(18)8-7-12(15(19)20)11-5-3-2-4-6-11/h2-6,12-13H,7-10H2,1H3,(H,17,18)(H,19,20)(H,21,22). The van der Waals surface area contributed by atoms with Crippen molar-refractivity contribution in [1.29, 1.82) is 0 Å². The Labute approximate surface area is 139 Å². The quantitative estimate of drug-likeness (QED) is 0.602. The van der Waals surface area contributed by atoms with Crippen molar-refractivity contribution < 1.29 is 24.6 Å². The van der Waals surface area contributed by atoms with Crippen molar-refractivity contribution in [2.45, 2.75) is 31.2 Å². The zero-order valence-corrected chi connectivity index (χ0v) is 13.7. The monoisotopic (exact) mass is 339 g/mol. The first-order valence-corrected chi connectivity index (χ1v) is 8.64. The summed E-state index contributed by atoms with van der Waals surface area (Å²) in [5.74, 6) is -2.68. The van der Waals surface area contributed by atoms with Crippen LogP contribution >= 0.6 is 11.8 Å². The first kappa shape index (κ1) is 19.0. The number of carbonyl (C=O) groups excluding carboxylic acids is 1. The summed E-state index contributed by atoms with van der Waals surface area (Å²) in [5, 5.41) is 20.8. The molecular weight excluding hydrogens is 318 g/mol. The molecule has 0 saturated carbocycles. The Morgan fingerprint density at radius 2 is 1.74 bits per heavy atom. The minimum absolute atomic E-state index is 0.0328. The van der Waals surface area contributed by atoms with Crippen LogP contribution in [0.25, 0.3) is 0 Å². The number of hydrogen-bond donors (Lipinski definition) is 3. The maximum absolute atomic E-state index is 11.9. The van der Waals surface area contributed by atoms with Gasteiger partial charge in [0.15, 0.2) is 0 Å². The summed E-state index contributed by atoms with van der Waals surface area (Å²) in [6.07, 6.45) is 2.29. The third-order valence-corrected chi connectivity index (χ3v) is 4.05. The molecule has 3 N–H and O–H groups in total. The smallest absolute Gasteiger partial charge is 0.326 e. The largest absolute Gasteiger partial charge is 0.481 e. The zero-order valence-electron chi connectivity index (χ0n) is 12.9. The number of thioether (sulfide) groups is 1. The molecule has 0 aliphatic heterocycles. The van der Waals surface area contributed by atoms with Gasteiger partial charge in [0, 0.05) is 6.42 Å². The van der Waals surface area contributed by atoms with Gasteiger partial charge in [-0.05, 0) is 30.4 Å². The summed E-state index contributed by atoms with van der Waals surface area (Å²) in [4.78, 5) is 34.4. The van der Waals surface area contributed by atoms with E-state index in [0.717, 1.165) is 0 Å². The second kappa shape index (κ2) is 9.89. The van der Waals surface area contributed by atoms with E-state index in [1.807, 2.05) is 6.26 Å². The van der Waals surface area contributed by atoms with Crippen LogP contribution in [-0.4, -0.2) is 46.1 Å². The van der Waals surface area contributed by atoms with Crippen molar-refractivity contribution in [1.82, 2.24) is 5.32 Å². The predicted molar refractivity (Wildman–Crippen MR) is 88.6 cm³/mol. The van der Waals surface area contributed by atoms with Gasteiger partial charge in [-0.1, -0.05) is 30.3 Å². The lowest BCUT2D eigenvalue weighted by molar-refractivity contribution is -0.142. The molecule has 7 heteroatoms. The van der Waals surface area contributed by atoms with E-state index in [9.17, 15) is 19.5 Å². The van der Waals surface area contributed by atoms with Gasteiger partial charge in [0.05, 0.1) is 5.92 Å². The number of hydrogen-bond acceptors (Lipinski definition) is 4. The molecule has 0 spiro atoms. The van der Waals surface area contributed by atoms with E-state index in [4.69, 9.17) is 5.11 Å². The van der Waals surface area contributed by atoms with E-state index in [2.05, 4.69) is 5.32 Å². The highest BCUT2D eigenvalue weighted by Crippen LogP contribution is 2.21. The van der Waals surface area contributed by atoms with E-state index in [1.165, 1.54) is 11.8 Å². The molecule has 0 radical (unpaired) electrons. The maximum atomic E-state index is 11.9. The van der Waals surface area contributed by atoms with Gasteiger partial charge in [-0.25, -0.2) is 4.79 Å². The van der Waals surface area contributed by atoms with E-state index >= 15 is 0 Å². The van der Waals surface area contributed by atoms with E-state index in [-0.39, 0.29) is 12.8 Å². The van der Waals surface area contributed by atoms with Crippen LogP contribution in [0.4, 0.5) is 0 Å². The van der Waals surface area contributed by atoms with Crippen LogP contribution in [0, 0.1) is 0 Å². The summed E-state index contributed by atoms with van der Waals surface area (Å²) in [6.45, 7) is 0. The van der Waals surface area contributed by atoms with Crippen LogP contribution in [0.2, 0.25) is 0 Å². The van der Waals surface area contributed by atoms with Gasteiger partial charge >= 0.3 is 11.9 Å². The highest BCUT2D eigenvalue weighted by atomic mass is 32.2. The molecule has 2 unspecified atom stereocenters. The molecule has 6 nitrogen and oxygen atoms in total. The topological polar surface area (TPSA) is 104 Å². The number of nitrogens with one attached hydrogen (secondary N) is 1. The average Bonchev–Trinajstić information content (AvgIpc) is 2.52. The second-order valence-corrected chi connectivity index (χ2v) is 6.07. The minimum Gasteiger partial charge on any atom is -0.481 e. The van der Waals surface area contributed by atoms with Crippen LogP contribution in [0.3, 0.4) is 0 Å². The number of carboxylic acids is 2. The molecule has 0 aliphatic rings. The molecule has 2 atom stereocenters.